The van der Waals surface area contributed by atoms with Crippen molar-refractivity contribution in [2.45, 2.75) is 47.3 Å². The van der Waals surface area contributed by atoms with E-state index >= 15 is 0 Å². The molecule has 6 nitrogen and oxygen atoms in total. The summed E-state index contributed by atoms with van der Waals surface area (Å²) in [5, 5.41) is 9.18. The van der Waals surface area contributed by atoms with Gasteiger partial charge in [0, 0.05) is 31.4 Å². The highest BCUT2D eigenvalue weighted by molar-refractivity contribution is 6.31. The number of amides is 1. The minimum absolute atomic E-state index is 0.00841. The third kappa shape index (κ3) is 3.16. The van der Waals surface area contributed by atoms with E-state index in [4.69, 9.17) is 11.6 Å². The summed E-state index contributed by atoms with van der Waals surface area (Å²) in [5.74, 6) is -0.00841. The van der Waals surface area contributed by atoms with Crippen molar-refractivity contribution >= 4 is 17.5 Å². The van der Waals surface area contributed by atoms with Crippen LogP contribution in [0, 0.1) is 20.8 Å². The Kier molecular flexibility index (Phi) is 4.90. The van der Waals surface area contributed by atoms with Crippen molar-refractivity contribution in [3.63, 3.8) is 0 Å². The molecule has 0 radical (unpaired) electrons. The average molecular weight is 324 g/mol. The van der Waals surface area contributed by atoms with E-state index in [9.17, 15) is 4.79 Å². The van der Waals surface area contributed by atoms with Gasteiger partial charge in [-0.25, -0.2) is 0 Å². The highest BCUT2D eigenvalue weighted by Gasteiger charge is 2.17. The molecule has 0 unspecified atom stereocenters. The van der Waals surface area contributed by atoms with Gasteiger partial charge >= 0.3 is 0 Å². The molecule has 7 heteroatoms. The number of aryl methyl sites for hydroxylation is 2. The third-order valence-corrected chi connectivity index (χ3v) is 4.35. The number of rotatable bonds is 5. The molecule has 0 aliphatic heterocycles. The Morgan fingerprint density at radius 1 is 1.27 bits per heavy atom. The first-order valence-corrected chi connectivity index (χ1v) is 7.67. The quantitative estimate of drug-likeness (QED) is 0.848. The molecule has 0 saturated heterocycles. The molecule has 22 heavy (non-hydrogen) atoms. The Balaban J connectivity index is 2.09. The van der Waals surface area contributed by atoms with Crippen LogP contribution in [0.25, 0.3) is 0 Å². The summed E-state index contributed by atoms with van der Waals surface area (Å²) in [5.41, 5.74) is 3.98. The molecule has 2 heterocycles. The smallest absolute Gasteiger partial charge is 0.244 e. The van der Waals surface area contributed by atoms with Crippen LogP contribution in [0.3, 0.4) is 0 Å². The van der Waals surface area contributed by atoms with Gasteiger partial charge in [0.05, 0.1) is 22.6 Å². The first-order chi connectivity index (χ1) is 10.3. The molecular formula is C15H22ClN5O. The lowest BCUT2D eigenvalue weighted by Crippen LogP contribution is -2.30. The van der Waals surface area contributed by atoms with Gasteiger partial charge in [-0.2, -0.15) is 10.2 Å². The van der Waals surface area contributed by atoms with Crippen molar-refractivity contribution in [1.82, 2.24) is 24.5 Å². The van der Waals surface area contributed by atoms with Gasteiger partial charge in [-0.3, -0.25) is 14.2 Å². The lowest BCUT2D eigenvalue weighted by atomic mass is 10.2. The van der Waals surface area contributed by atoms with E-state index in [0.717, 1.165) is 29.2 Å². The van der Waals surface area contributed by atoms with E-state index in [1.807, 2.05) is 25.5 Å². The van der Waals surface area contributed by atoms with Gasteiger partial charge in [-0.1, -0.05) is 11.6 Å². The lowest BCUT2D eigenvalue weighted by Gasteiger charge is -2.18. The predicted molar refractivity (Wildman–Crippen MR) is 85.8 cm³/mol. The largest absolute Gasteiger partial charge is 0.340 e. The zero-order valence-corrected chi connectivity index (χ0v) is 14.5. The summed E-state index contributed by atoms with van der Waals surface area (Å²) in [4.78, 5) is 14.1. The molecule has 2 rings (SSSR count). The van der Waals surface area contributed by atoms with Gasteiger partial charge < -0.3 is 4.90 Å². The highest BCUT2D eigenvalue weighted by Crippen LogP contribution is 2.16. The van der Waals surface area contributed by atoms with E-state index in [0.29, 0.717) is 11.6 Å². The molecule has 0 fully saturated rings. The monoisotopic (exact) mass is 323 g/mol. The van der Waals surface area contributed by atoms with E-state index in [1.165, 1.54) is 0 Å². The molecule has 0 aliphatic carbocycles. The Morgan fingerprint density at radius 3 is 2.45 bits per heavy atom. The van der Waals surface area contributed by atoms with Crippen LogP contribution in [0.5, 0.6) is 0 Å². The van der Waals surface area contributed by atoms with Crippen molar-refractivity contribution in [2.75, 3.05) is 7.05 Å². The van der Waals surface area contributed by atoms with Crippen LogP contribution in [0.1, 0.15) is 29.6 Å². The Labute approximate surface area is 135 Å². The third-order valence-electron chi connectivity index (χ3n) is 3.98. The maximum atomic E-state index is 12.4. The Morgan fingerprint density at radius 2 is 1.95 bits per heavy atom. The molecule has 0 aromatic carbocycles. The Hall–Kier alpha value is -1.82. The summed E-state index contributed by atoms with van der Waals surface area (Å²) in [6.45, 7) is 9.48. The number of carbonyl (C=O) groups is 1. The molecule has 2 aromatic heterocycles. The van der Waals surface area contributed by atoms with Crippen LogP contribution in [-0.2, 0) is 24.4 Å². The average Bonchev–Trinajstić information content (AvgIpc) is 2.94. The van der Waals surface area contributed by atoms with Crippen molar-refractivity contribution in [3.05, 3.63) is 33.9 Å². The lowest BCUT2D eigenvalue weighted by molar-refractivity contribution is -0.131. The molecule has 0 N–H and O–H groups in total. The van der Waals surface area contributed by atoms with Crippen molar-refractivity contribution < 1.29 is 4.79 Å². The SMILES string of the molecule is CCn1nc(C)c(CN(C)C(=O)Cn2ncc(Cl)c2C)c1C. The first-order valence-electron chi connectivity index (χ1n) is 7.29. The summed E-state index contributed by atoms with van der Waals surface area (Å²) in [6.07, 6.45) is 1.56. The van der Waals surface area contributed by atoms with Crippen LogP contribution >= 0.6 is 11.6 Å². The molecule has 0 aliphatic rings. The van der Waals surface area contributed by atoms with Crippen LogP contribution in [0.4, 0.5) is 0 Å². The van der Waals surface area contributed by atoms with E-state index in [1.54, 1.807) is 22.8 Å². The topological polar surface area (TPSA) is 56.0 Å². The molecule has 0 bridgehead atoms. The first kappa shape index (κ1) is 16.5. The normalized spacial score (nSPS) is 11.0. The second kappa shape index (κ2) is 6.52. The van der Waals surface area contributed by atoms with Crippen LogP contribution in [0.2, 0.25) is 5.02 Å². The van der Waals surface area contributed by atoms with Crippen LogP contribution in [-0.4, -0.2) is 37.4 Å². The number of hydrogen-bond donors (Lipinski definition) is 0. The van der Waals surface area contributed by atoms with Crippen molar-refractivity contribution in [1.29, 1.82) is 0 Å². The van der Waals surface area contributed by atoms with Gasteiger partial charge in [0.25, 0.3) is 0 Å². The summed E-state index contributed by atoms with van der Waals surface area (Å²) < 4.78 is 3.58. The maximum Gasteiger partial charge on any atom is 0.244 e. The minimum Gasteiger partial charge on any atom is -0.340 e. The van der Waals surface area contributed by atoms with Gasteiger partial charge in [0.15, 0.2) is 0 Å². The van der Waals surface area contributed by atoms with Crippen LogP contribution in [0.15, 0.2) is 6.20 Å². The predicted octanol–water partition coefficient (Wildman–Crippen LogP) is 2.34. The van der Waals surface area contributed by atoms with E-state index in [2.05, 4.69) is 17.1 Å². The molecule has 120 valence electrons. The zero-order chi connectivity index (χ0) is 16.4. The fourth-order valence-electron chi connectivity index (χ4n) is 2.43. The minimum atomic E-state index is -0.00841. The fraction of sp³-hybridized carbons (Fsp3) is 0.533. The van der Waals surface area contributed by atoms with Gasteiger partial charge in [-0.15, -0.1) is 0 Å². The summed E-state index contributed by atoms with van der Waals surface area (Å²) in [6, 6.07) is 0. The molecule has 0 saturated carbocycles. The number of carbonyl (C=O) groups excluding carboxylic acids is 1. The Bertz CT molecular complexity index is 688. The molecular weight excluding hydrogens is 302 g/mol. The fourth-order valence-corrected chi connectivity index (χ4v) is 2.57. The summed E-state index contributed by atoms with van der Waals surface area (Å²) in [7, 11) is 1.80. The highest BCUT2D eigenvalue weighted by atomic mass is 35.5. The molecule has 1 amide bonds. The van der Waals surface area contributed by atoms with Gasteiger partial charge in [0.2, 0.25) is 5.91 Å². The second-order valence-electron chi connectivity index (χ2n) is 5.45. The number of likely N-dealkylation sites (N-methyl/N-ethyl adjacent to an activating group) is 1. The number of halogens is 1. The maximum absolute atomic E-state index is 12.4. The van der Waals surface area contributed by atoms with Gasteiger partial charge in [-0.05, 0) is 27.7 Å². The van der Waals surface area contributed by atoms with Crippen LogP contribution < -0.4 is 0 Å². The summed E-state index contributed by atoms with van der Waals surface area (Å²) >= 11 is 5.96. The zero-order valence-electron chi connectivity index (χ0n) is 13.7. The molecule has 0 spiro atoms. The van der Waals surface area contributed by atoms with E-state index in [-0.39, 0.29) is 12.5 Å². The van der Waals surface area contributed by atoms with Crippen molar-refractivity contribution in [2.24, 2.45) is 0 Å². The molecule has 0 atom stereocenters. The van der Waals surface area contributed by atoms with E-state index < -0.39 is 0 Å². The molecule has 2 aromatic rings. The number of aromatic nitrogens is 4. The van der Waals surface area contributed by atoms with Gasteiger partial charge in [0.1, 0.15) is 6.54 Å². The second-order valence-corrected chi connectivity index (χ2v) is 5.86. The standard InChI is InChI=1S/C15H22ClN5O/c1-6-20-11(3)13(10(2)18-20)8-19(5)15(22)9-21-12(4)14(16)7-17-21/h7H,6,8-9H2,1-5H3. The number of hydrogen-bond acceptors (Lipinski definition) is 3. The van der Waals surface area contributed by atoms with Crippen molar-refractivity contribution in [3.8, 4) is 0 Å². The number of nitrogens with zero attached hydrogens (tertiary/aromatic N) is 5.